The van der Waals surface area contributed by atoms with Crippen molar-refractivity contribution in [2.75, 3.05) is 4.90 Å². The monoisotopic (exact) mass is 445 g/mol. The summed E-state index contributed by atoms with van der Waals surface area (Å²) in [5.74, 6) is -0.0485. The van der Waals surface area contributed by atoms with Gasteiger partial charge in [0.15, 0.2) is 5.16 Å². The quantitative estimate of drug-likeness (QED) is 0.319. The Bertz CT molecular complexity index is 1340. The van der Waals surface area contributed by atoms with E-state index in [-0.39, 0.29) is 11.5 Å². The van der Waals surface area contributed by atoms with Gasteiger partial charge in [-0.1, -0.05) is 59.9 Å². The molecule has 4 aromatic rings. The van der Waals surface area contributed by atoms with Crippen LogP contribution in [0.4, 0.5) is 11.4 Å². The number of amides is 1. The molecule has 5 nitrogen and oxygen atoms in total. The molecule has 0 saturated heterocycles. The molecule has 1 aromatic heterocycles. The maximum Gasteiger partial charge on any atom is 0.261 e. The fraction of sp³-hybridized carbons (Fsp3) is 0.125. The molecule has 0 bridgehead atoms. The molecule has 0 aliphatic carbocycles. The Balaban J connectivity index is 1.53. The molecule has 5 rings (SSSR count). The highest BCUT2D eigenvalue weighted by Gasteiger charge is 2.31. The molecule has 1 unspecified atom stereocenters. The molecule has 0 radical (unpaired) electrons. The van der Waals surface area contributed by atoms with Gasteiger partial charge in [0.2, 0.25) is 5.91 Å². The lowest BCUT2D eigenvalue weighted by molar-refractivity contribution is -0.117. The summed E-state index contributed by atoms with van der Waals surface area (Å²) in [5, 5.41) is 0.658. The number of nitrogens with zero attached hydrogens (tertiary/aromatic N) is 3. The molecule has 3 aromatic carbocycles. The minimum Gasteiger partial charge on any atom is -0.290 e. The van der Waals surface area contributed by atoms with Crippen molar-refractivity contribution < 1.29 is 4.79 Å². The van der Waals surface area contributed by atoms with Gasteiger partial charge in [0.05, 0.1) is 27.5 Å². The summed E-state index contributed by atoms with van der Waals surface area (Å²) in [7, 11) is 1.70. The molecule has 1 aliphatic heterocycles. The van der Waals surface area contributed by atoms with Gasteiger partial charge in [-0.15, -0.1) is 0 Å². The Morgan fingerprint density at radius 1 is 0.935 bits per heavy atom. The van der Waals surface area contributed by atoms with Crippen LogP contribution in [0.1, 0.15) is 6.92 Å². The number of fused-ring (bicyclic) bond motifs is 3. The standard InChI is InChI=1S/C24H19N3O2S2/c1-15(30-24-25-17-10-4-3-9-16(17)23(29)26(24)2)22(28)27-18-11-5-7-13-20(18)31-21-14-8-6-12-19(21)27/h3-15H,1-2H3. The third kappa shape index (κ3) is 3.43. The first kappa shape index (κ1) is 19.9. The van der Waals surface area contributed by atoms with Gasteiger partial charge in [0, 0.05) is 16.8 Å². The van der Waals surface area contributed by atoms with E-state index in [2.05, 4.69) is 4.98 Å². The maximum absolute atomic E-state index is 13.7. The van der Waals surface area contributed by atoms with E-state index in [0.717, 1.165) is 21.2 Å². The van der Waals surface area contributed by atoms with Crippen LogP contribution in [-0.4, -0.2) is 20.7 Å². The maximum atomic E-state index is 13.7. The van der Waals surface area contributed by atoms with E-state index in [1.165, 1.54) is 16.3 Å². The number of para-hydroxylation sites is 3. The summed E-state index contributed by atoms with van der Waals surface area (Å²) < 4.78 is 1.52. The predicted molar refractivity (Wildman–Crippen MR) is 126 cm³/mol. The second-order valence-electron chi connectivity index (χ2n) is 7.25. The zero-order valence-corrected chi connectivity index (χ0v) is 18.6. The highest BCUT2D eigenvalue weighted by Crippen LogP contribution is 2.48. The lowest BCUT2D eigenvalue weighted by Crippen LogP contribution is -2.35. The lowest BCUT2D eigenvalue weighted by atomic mass is 10.2. The van der Waals surface area contributed by atoms with Crippen molar-refractivity contribution in [3.05, 3.63) is 83.2 Å². The van der Waals surface area contributed by atoms with E-state index in [4.69, 9.17) is 0 Å². The highest BCUT2D eigenvalue weighted by molar-refractivity contribution is 8.00. The van der Waals surface area contributed by atoms with Crippen LogP contribution in [0, 0.1) is 0 Å². The molecule has 7 heteroatoms. The Morgan fingerprint density at radius 2 is 1.52 bits per heavy atom. The molecule has 0 fully saturated rings. The fourth-order valence-electron chi connectivity index (χ4n) is 3.64. The van der Waals surface area contributed by atoms with Crippen molar-refractivity contribution in [3.63, 3.8) is 0 Å². The largest absolute Gasteiger partial charge is 0.290 e. The molecule has 0 saturated carbocycles. The average molecular weight is 446 g/mol. The van der Waals surface area contributed by atoms with Crippen molar-refractivity contribution in [1.29, 1.82) is 0 Å². The lowest BCUT2D eigenvalue weighted by Gasteiger charge is -2.32. The number of carbonyl (C=O) groups is 1. The van der Waals surface area contributed by atoms with Gasteiger partial charge < -0.3 is 0 Å². The molecule has 0 spiro atoms. The number of rotatable bonds is 3. The summed E-state index contributed by atoms with van der Waals surface area (Å²) in [5.41, 5.74) is 2.28. The van der Waals surface area contributed by atoms with Crippen molar-refractivity contribution in [2.45, 2.75) is 27.1 Å². The fourth-order valence-corrected chi connectivity index (χ4v) is 5.61. The molecular formula is C24H19N3O2S2. The van der Waals surface area contributed by atoms with Crippen LogP contribution >= 0.6 is 23.5 Å². The Morgan fingerprint density at radius 3 is 2.19 bits per heavy atom. The number of anilines is 2. The zero-order chi connectivity index (χ0) is 21.5. The average Bonchev–Trinajstić information content (AvgIpc) is 2.80. The smallest absolute Gasteiger partial charge is 0.261 e. The summed E-state index contributed by atoms with van der Waals surface area (Å²) in [6, 6.07) is 23.1. The van der Waals surface area contributed by atoms with Gasteiger partial charge in [0.25, 0.3) is 5.56 Å². The van der Waals surface area contributed by atoms with Crippen molar-refractivity contribution in [2.24, 2.45) is 7.05 Å². The third-order valence-electron chi connectivity index (χ3n) is 5.22. The van der Waals surface area contributed by atoms with E-state index >= 15 is 0 Å². The normalized spacial score (nSPS) is 13.5. The highest BCUT2D eigenvalue weighted by atomic mass is 32.2. The van der Waals surface area contributed by atoms with Crippen LogP contribution in [0.15, 0.2) is 92.5 Å². The van der Waals surface area contributed by atoms with Crippen LogP contribution in [0.2, 0.25) is 0 Å². The van der Waals surface area contributed by atoms with Gasteiger partial charge in [-0.2, -0.15) is 0 Å². The summed E-state index contributed by atoms with van der Waals surface area (Å²) in [4.78, 5) is 34.9. The van der Waals surface area contributed by atoms with E-state index in [1.807, 2.05) is 73.7 Å². The number of aromatic nitrogens is 2. The van der Waals surface area contributed by atoms with Gasteiger partial charge in [0.1, 0.15) is 0 Å². The molecule has 31 heavy (non-hydrogen) atoms. The predicted octanol–water partition coefficient (Wildman–Crippen LogP) is 5.24. The molecule has 1 aliphatic rings. The van der Waals surface area contributed by atoms with Crippen molar-refractivity contribution >= 4 is 51.7 Å². The number of benzene rings is 3. The second-order valence-corrected chi connectivity index (χ2v) is 9.64. The number of hydrogen-bond acceptors (Lipinski definition) is 5. The Kier molecular flexibility index (Phi) is 5.08. The first-order valence-electron chi connectivity index (χ1n) is 9.87. The van der Waals surface area contributed by atoms with Crippen LogP contribution in [0.25, 0.3) is 10.9 Å². The third-order valence-corrected chi connectivity index (χ3v) is 7.49. The number of hydrogen-bond donors (Lipinski definition) is 0. The number of thioether (sulfide) groups is 1. The Hall–Kier alpha value is -3.03. The molecule has 2 heterocycles. The summed E-state index contributed by atoms with van der Waals surface area (Å²) in [6.07, 6.45) is 0. The number of carbonyl (C=O) groups excluding carboxylic acids is 1. The minimum absolute atomic E-state index is 0.0485. The first-order chi connectivity index (χ1) is 15.0. The van der Waals surface area contributed by atoms with Crippen LogP contribution < -0.4 is 10.5 Å². The Labute approximate surface area is 188 Å². The SMILES string of the molecule is CC(Sc1nc2ccccc2c(=O)n1C)C(=O)N1c2ccccc2Sc2ccccc21. The van der Waals surface area contributed by atoms with E-state index in [1.54, 1.807) is 29.8 Å². The molecule has 1 atom stereocenters. The van der Waals surface area contributed by atoms with E-state index in [9.17, 15) is 9.59 Å². The zero-order valence-electron chi connectivity index (χ0n) is 17.0. The van der Waals surface area contributed by atoms with Gasteiger partial charge in [-0.05, 0) is 43.3 Å². The first-order valence-corrected chi connectivity index (χ1v) is 11.6. The van der Waals surface area contributed by atoms with Crippen LogP contribution in [-0.2, 0) is 11.8 Å². The molecule has 1 amide bonds. The van der Waals surface area contributed by atoms with Crippen molar-refractivity contribution in [3.8, 4) is 0 Å². The second kappa shape index (κ2) is 7.90. The molecule has 0 N–H and O–H groups in total. The van der Waals surface area contributed by atoms with E-state index in [0.29, 0.717) is 16.1 Å². The van der Waals surface area contributed by atoms with E-state index < -0.39 is 5.25 Å². The molecule has 154 valence electrons. The summed E-state index contributed by atoms with van der Waals surface area (Å²) >= 11 is 2.97. The minimum atomic E-state index is -0.441. The van der Waals surface area contributed by atoms with Gasteiger partial charge in [-0.25, -0.2) is 4.98 Å². The van der Waals surface area contributed by atoms with Crippen LogP contribution in [0.5, 0.6) is 0 Å². The van der Waals surface area contributed by atoms with Gasteiger partial charge in [-0.3, -0.25) is 19.1 Å². The topological polar surface area (TPSA) is 55.2 Å². The van der Waals surface area contributed by atoms with Crippen molar-refractivity contribution in [1.82, 2.24) is 9.55 Å². The summed E-state index contributed by atoms with van der Waals surface area (Å²) in [6.45, 7) is 1.86. The van der Waals surface area contributed by atoms with Crippen LogP contribution in [0.3, 0.4) is 0 Å². The molecular weight excluding hydrogens is 426 g/mol. The van der Waals surface area contributed by atoms with Gasteiger partial charge >= 0.3 is 0 Å².